The summed E-state index contributed by atoms with van der Waals surface area (Å²) in [4.78, 5) is 0. The molecular formula is C12H13Ru. The van der Waals surface area contributed by atoms with Crippen LogP contribution in [0.5, 0.6) is 0 Å². The maximum atomic E-state index is 2.76. The number of hydrogen-bond acceptors (Lipinski definition) is 0. The summed E-state index contributed by atoms with van der Waals surface area (Å²) in [5.41, 5.74) is 4.53. The second-order valence-electron chi connectivity index (χ2n) is 3.37. The molecule has 0 radical (unpaired) electrons. The van der Waals surface area contributed by atoms with Crippen molar-refractivity contribution in [2.75, 3.05) is 0 Å². The van der Waals surface area contributed by atoms with Gasteiger partial charge in [-0.1, -0.05) is 0 Å². The van der Waals surface area contributed by atoms with Gasteiger partial charge in [0.1, 0.15) is 0 Å². The van der Waals surface area contributed by atoms with Crippen LogP contribution in [0.25, 0.3) is 0 Å². The van der Waals surface area contributed by atoms with Gasteiger partial charge >= 0.3 is 89.7 Å². The minimum absolute atomic E-state index is 1.12. The zero-order chi connectivity index (χ0) is 9.26. The van der Waals surface area contributed by atoms with Crippen LogP contribution >= 0.6 is 0 Å². The standard InChI is InChI=1S/C12H13.Ru/c1-2-10-8-5-9-12(10)11-6-3-4-7-11;/h3,5-6,8H,2,4,9H2,1H3;. The van der Waals surface area contributed by atoms with Gasteiger partial charge in [-0.3, -0.25) is 0 Å². The van der Waals surface area contributed by atoms with Crippen molar-refractivity contribution in [3.8, 4) is 0 Å². The summed E-state index contributed by atoms with van der Waals surface area (Å²) in [6.45, 7) is 2.23. The van der Waals surface area contributed by atoms with Crippen molar-refractivity contribution in [3.63, 3.8) is 0 Å². The molecule has 13 heavy (non-hydrogen) atoms. The molecule has 2 aliphatic carbocycles. The Bertz CT molecular complexity index is 340. The van der Waals surface area contributed by atoms with Crippen LogP contribution in [0.15, 0.2) is 45.2 Å². The summed E-state index contributed by atoms with van der Waals surface area (Å²) < 4.78 is 1.46. The second kappa shape index (κ2) is 3.76. The third kappa shape index (κ3) is 1.63. The Morgan fingerprint density at radius 3 is 2.62 bits per heavy atom. The average molecular weight is 258 g/mol. The Labute approximate surface area is 89.8 Å². The maximum absolute atomic E-state index is 2.76. The van der Waals surface area contributed by atoms with Crippen molar-refractivity contribution in [1.29, 1.82) is 0 Å². The Morgan fingerprint density at radius 1 is 1.23 bits per heavy atom. The van der Waals surface area contributed by atoms with Crippen molar-refractivity contribution >= 4 is 0 Å². The van der Waals surface area contributed by atoms with Gasteiger partial charge in [-0.05, 0) is 0 Å². The van der Waals surface area contributed by atoms with E-state index in [2.05, 4.69) is 49.5 Å². The summed E-state index contributed by atoms with van der Waals surface area (Å²) in [6, 6.07) is 0. The summed E-state index contributed by atoms with van der Waals surface area (Å²) >= 11 is 2.76. The summed E-state index contributed by atoms with van der Waals surface area (Å²) in [5.74, 6) is 0. The van der Waals surface area contributed by atoms with E-state index < -0.39 is 0 Å². The summed E-state index contributed by atoms with van der Waals surface area (Å²) in [5, 5.41) is 0. The molecule has 0 aliphatic heterocycles. The summed E-state index contributed by atoms with van der Waals surface area (Å²) in [7, 11) is 0. The van der Waals surface area contributed by atoms with Gasteiger partial charge in [0.25, 0.3) is 0 Å². The first-order chi connectivity index (χ1) is 6.33. The molecule has 0 unspecified atom stereocenters. The molecule has 0 saturated heterocycles. The van der Waals surface area contributed by atoms with Gasteiger partial charge in [0, 0.05) is 0 Å². The third-order valence-electron chi connectivity index (χ3n) is 2.60. The molecule has 0 bridgehead atoms. The van der Waals surface area contributed by atoms with Crippen molar-refractivity contribution in [3.05, 3.63) is 45.2 Å². The monoisotopic (exact) mass is 259 g/mol. The fraction of sp³-hybridized carbons (Fsp3) is 0.333. The van der Waals surface area contributed by atoms with E-state index in [1.54, 1.807) is 5.57 Å². The zero-order valence-electron chi connectivity index (χ0n) is 7.78. The zero-order valence-corrected chi connectivity index (χ0v) is 9.52. The Balaban J connectivity index is 2.36. The Morgan fingerprint density at radius 2 is 2.00 bits per heavy atom. The second-order valence-corrected chi connectivity index (χ2v) is 4.42. The number of allylic oxidation sites excluding steroid dienone is 8. The minimum atomic E-state index is 1.12. The molecule has 0 heterocycles. The molecule has 0 aromatic carbocycles. The molecule has 0 aromatic heterocycles. The van der Waals surface area contributed by atoms with Crippen LogP contribution in [0.4, 0.5) is 0 Å². The SMILES string of the molecule is CCC1=C(C2=[C]([Ru])CC=C2)CC=C1. The molecule has 0 aromatic rings. The van der Waals surface area contributed by atoms with E-state index in [0.29, 0.717) is 0 Å². The molecule has 69 valence electrons. The fourth-order valence-corrected chi connectivity index (χ4v) is 2.51. The van der Waals surface area contributed by atoms with E-state index >= 15 is 0 Å². The van der Waals surface area contributed by atoms with Crippen LogP contribution in [0.3, 0.4) is 0 Å². The molecule has 0 nitrogen and oxygen atoms in total. The van der Waals surface area contributed by atoms with Crippen LogP contribution in [-0.2, 0) is 18.3 Å². The molecule has 2 rings (SSSR count). The van der Waals surface area contributed by atoms with Gasteiger partial charge in [-0.15, -0.1) is 0 Å². The van der Waals surface area contributed by atoms with Crippen LogP contribution in [0, 0.1) is 0 Å². The van der Waals surface area contributed by atoms with E-state index in [0.717, 1.165) is 19.3 Å². The quantitative estimate of drug-likeness (QED) is 0.666. The molecule has 0 N–H and O–H groups in total. The molecule has 0 fully saturated rings. The van der Waals surface area contributed by atoms with E-state index in [9.17, 15) is 0 Å². The van der Waals surface area contributed by atoms with Gasteiger partial charge in [-0.25, -0.2) is 0 Å². The fourth-order valence-electron chi connectivity index (χ4n) is 1.90. The van der Waals surface area contributed by atoms with Crippen LogP contribution in [-0.4, -0.2) is 0 Å². The molecule has 0 saturated carbocycles. The predicted octanol–water partition coefficient (Wildman–Crippen LogP) is 3.41. The first kappa shape index (κ1) is 9.15. The van der Waals surface area contributed by atoms with E-state index in [4.69, 9.17) is 0 Å². The molecule has 0 spiro atoms. The van der Waals surface area contributed by atoms with Gasteiger partial charge in [0.15, 0.2) is 0 Å². The molecule has 0 atom stereocenters. The first-order valence-corrected chi connectivity index (χ1v) is 5.62. The Hall–Kier alpha value is -0.417. The van der Waals surface area contributed by atoms with E-state index in [-0.39, 0.29) is 0 Å². The van der Waals surface area contributed by atoms with Crippen LogP contribution in [0.1, 0.15) is 26.2 Å². The van der Waals surface area contributed by atoms with Gasteiger partial charge in [0.2, 0.25) is 0 Å². The van der Waals surface area contributed by atoms with Crippen molar-refractivity contribution in [2.24, 2.45) is 0 Å². The summed E-state index contributed by atoms with van der Waals surface area (Å²) in [6.07, 6.45) is 12.5. The topological polar surface area (TPSA) is 0 Å². The van der Waals surface area contributed by atoms with E-state index in [1.165, 1.54) is 15.3 Å². The van der Waals surface area contributed by atoms with Gasteiger partial charge in [0.05, 0.1) is 0 Å². The number of hydrogen-bond donors (Lipinski definition) is 0. The van der Waals surface area contributed by atoms with E-state index in [1.807, 2.05) is 0 Å². The number of rotatable bonds is 2. The van der Waals surface area contributed by atoms with Crippen LogP contribution in [0.2, 0.25) is 0 Å². The third-order valence-corrected chi connectivity index (χ3v) is 3.42. The average Bonchev–Trinajstić information content (AvgIpc) is 2.71. The molecule has 2 aliphatic rings. The molecule has 0 amide bonds. The predicted molar refractivity (Wildman–Crippen MR) is 51.9 cm³/mol. The first-order valence-electron chi connectivity index (χ1n) is 4.76. The van der Waals surface area contributed by atoms with Crippen molar-refractivity contribution in [2.45, 2.75) is 26.2 Å². The Kier molecular flexibility index (Phi) is 2.64. The van der Waals surface area contributed by atoms with Crippen LogP contribution < -0.4 is 0 Å². The van der Waals surface area contributed by atoms with Crippen molar-refractivity contribution < 1.29 is 18.3 Å². The normalized spacial score (nSPS) is 21.1. The van der Waals surface area contributed by atoms with Crippen molar-refractivity contribution in [1.82, 2.24) is 0 Å². The van der Waals surface area contributed by atoms with Gasteiger partial charge < -0.3 is 0 Å². The molecule has 1 heteroatoms. The van der Waals surface area contributed by atoms with Gasteiger partial charge in [-0.2, -0.15) is 0 Å². The molecular weight excluding hydrogens is 245 g/mol.